The molecule has 2 aromatic heterocycles. The van der Waals surface area contributed by atoms with Gasteiger partial charge in [0.15, 0.2) is 0 Å². The lowest BCUT2D eigenvalue weighted by molar-refractivity contribution is -0.384. The lowest BCUT2D eigenvalue weighted by atomic mass is 10.2. The molecule has 1 aromatic carbocycles. The first-order chi connectivity index (χ1) is 9.75. The van der Waals surface area contributed by atoms with Crippen LogP contribution in [0.1, 0.15) is 0 Å². The fraction of sp³-hybridized carbons (Fsp3) is 0. The van der Waals surface area contributed by atoms with Crippen LogP contribution in [-0.2, 0) is 0 Å². The summed E-state index contributed by atoms with van der Waals surface area (Å²) in [6, 6.07) is 9.84. The SMILES string of the molecule is O=[N+]([O-])c1ccc(-n2nncc2-c2ccncc2)cc1. The Kier molecular flexibility index (Phi) is 2.92. The maximum Gasteiger partial charge on any atom is 0.269 e. The van der Waals surface area contributed by atoms with E-state index in [1.807, 2.05) is 12.1 Å². The van der Waals surface area contributed by atoms with E-state index in [1.54, 1.807) is 35.4 Å². The van der Waals surface area contributed by atoms with Crippen LogP contribution in [0, 0.1) is 10.1 Å². The molecule has 0 fully saturated rings. The molecule has 3 rings (SSSR count). The molecular weight excluding hydrogens is 258 g/mol. The first-order valence-electron chi connectivity index (χ1n) is 5.81. The Morgan fingerprint density at radius 3 is 2.40 bits per heavy atom. The zero-order valence-corrected chi connectivity index (χ0v) is 10.2. The summed E-state index contributed by atoms with van der Waals surface area (Å²) in [5, 5.41) is 18.6. The average Bonchev–Trinajstić information content (AvgIpc) is 2.97. The molecule has 2 heterocycles. The Labute approximate surface area is 113 Å². The van der Waals surface area contributed by atoms with E-state index in [1.165, 1.54) is 12.1 Å². The van der Waals surface area contributed by atoms with Gasteiger partial charge in [0, 0.05) is 30.1 Å². The highest BCUT2D eigenvalue weighted by Crippen LogP contribution is 2.22. The first-order valence-corrected chi connectivity index (χ1v) is 5.81. The molecular formula is C13H9N5O2. The number of nitro benzene ring substituents is 1. The van der Waals surface area contributed by atoms with Crippen molar-refractivity contribution < 1.29 is 4.92 Å². The van der Waals surface area contributed by atoms with Gasteiger partial charge in [-0.15, -0.1) is 5.10 Å². The van der Waals surface area contributed by atoms with E-state index in [0.717, 1.165) is 11.3 Å². The summed E-state index contributed by atoms with van der Waals surface area (Å²) in [6.07, 6.45) is 5.00. The molecule has 0 aliphatic rings. The first kappa shape index (κ1) is 12.0. The number of aromatic nitrogens is 4. The monoisotopic (exact) mass is 267 g/mol. The summed E-state index contributed by atoms with van der Waals surface area (Å²) in [5.74, 6) is 0. The fourth-order valence-corrected chi connectivity index (χ4v) is 1.86. The highest BCUT2D eigenvalue weighted by atomic mass is 16.6. The minimum atomic E-state index is -0.436. The van der Waals surface area contributed by atoms with Crippen LogP contribution in [0.3, 0.4) is 0 Å². The molecule has 98 valence electrons. The summed E-state index contributed by atoms with van der Waals surface area (Å²) < 4.78 is 1.62. The second kappa shape index (κ2) is 4.88. The normalized spacial score (nSPS) is 10.4. The minimum absolute atomic E-state index is 0.0410. The third-order valence-electron chi connectivity index (χ3n) is 2.83. The van der Waals surface area contributed by atoms with E-state index in [0.29, 0.717) is 5.69 Å². The molecule has 0 saturated heterocycles. The summed E-state index contributed by atoms with van der Waals surface area (Å²) in [7, 11) is 0. The summed E-state index contributed by atoms with van der Waals surface area (Å²) in [4.78, 5) is 14.2. The number of hydrogen-bond donors (Lipinski definition) is 0. The van der Waals surface area contributed by atoms with E-state index in [2.05, 4.69) is 15.3 Å². The van der Waals surface area contributed by atoms with Gasteiger partial charge < -0.3 is 0 Å². The predicted molar refractivity (Wildman–Crippen MR) is 71.2 cm³/mol. The smallest absolute Gasteiger partial charge is 0.265 e. The fourth-order valence-electron chi connectivity index (χ4n) is 1.86. The van der Waals surface area contributed by atoms with Gasteiger partial charge in [0.25, 0.3) is 5.69 Å². The molecule has 0 amide bonds. The second-order valence-electron chi connectivity index (χ2n) is 4.04. The van der Waals surface area contributed by atoms with Gasteiger partial charge in [-0.05, 0) is 24.3 Å². The van der Waals surface area contributed by atoms with Crippen molar-refractivity contribution in [1.29, 1.82) is 0 Å². The van der Waals surface area contributed by atoms with Crippen LogP contribution in [0.2, 0.25) is 0 Å². The van der Waals surface area contributed by atoms with Gasteiger partial charge in [0.2, 0.25) is 0 Å². The van der Waals surface area contributed by atoms with E-state index in [4.69, 9.17) is 0 Å². The number of nitro groups is 1. The maximum atomic E-state index is 10.7. The van der Waals surface area contributed by atoms with Crippen LogP contribution in [0.4, 0.5) is 5.69 Å². The zero-order chi connectivity index (χ0) is 13.9. The third kappa shape index (κ3) is 2.12. The van der Waals surface area contributed by atoms with Crippen molar-refractivity contribution in [3.05, 3.63) is 65.1 Å². The van der Waals surface area contributed by atoms with Crippen LogP contribution >= 0.6 is 0 Å². The molecule has 0 N–H and O–H groups in total. The van der Waals surface area contributed by atoms with Crippen molar-refractivity contribution >= 4 is 5.69 Å². The third-order valence-corrected chi connectivity index (χ3v) is 2.83. The Morgan fingerprint density at radius 1 is 1.05 bits per heavy atom. The number of nitrogens with zero attached hydrogens (tertiary/aromatic N) is 5. The van der Waals surface area contributed by atoms with Crippen LogP contribution in [0.25, 0.3) is 16.9 Å². The molecule has 0 aliphatic carbocycles. The van der Waals surface area contributed by atoms with Gasteiger partial charge in [-0.3, -0.25) is 15.1 Å². The summed E-state index contributed by atoms with van der Waals surface area (Å²) >= 11 is 0. The number of pyridine rings is 1. The van der Waals surface area contributed by atoms with Crippen molar-refractivity contribution in [3.63, 3.8) is 0 Å². The lowest BCUT2D eigenvalue weighted by Gasteiger charge is -2.05. The lowest BCUT2D eigenvalue weighted by Crippen LogP contribution is -1.99. The van der Waals surface area contributed by atoms with E-state index in [9.17, 15) is 10.1 Å². The molecule has 0 radical (unpaired) electrons. The van der Waals surface area contributed by atoms with Gasteiger partial charge in [0.1, 0.15) is 0 Å². The van der Waals surface area contributed by atoms with E-state index < -0.39 is 4.92 Å². The van der Waals surface area contributed by atoms with Gasteiger partial charge in [-0.25, -0.2) is 4.68 Å². The molecule has 0 aliphatic heterocycles. The minimum Gasteiger partial charge on any atom is -0.265 e. The maximum absolute atomic E-state index is 10.7. The van der Waals surface area contributed by atoms with Gasteiger partial charge in [0.05, 0.1) is 22.5 Å². The highest BCUT2D eigenvalue weighted by molar-refractivity contribution is 5.60. The molecule has 0 bridgehead atoms. The largest absolute Gasteiger partial charge is 0.269 e. The molecule has 7 nitrogen and oxygen atoms in total. The zero-order valence-electron chi connectivity index (χ0n) is 10.2. The quantitative estimate of drug-likeness (QED) is 0.536. The molecule has 0 saturated carbocycles. The van der Waals surface area contributed by atoms with Gasteiger partial charge in [-0.1, -0.05) is 5.21 Å². The van der Waals surface area contributed by atoms with Crippen molar-refractivity contribution in [2.24, 2.45) is 0 Å². The number of non-ortho nitro benzene ring substituents is 1. The molecule has 7 heteroatoms. The van der Waals surface area contributed by atoms with Gasteiger partial charge in [-0.2, -0.15) is 0 Å². The molecule has 0 unspecified atom stereocenters. The summed E-state index contributed by atoms with van der Waals surface area (Å²) in [5.41, 5.74) is 2.46. The standard InChI is InChI=1S/C13H9N5O2/c19-18(20)12-3-1-11(2-4-12)17-13(9-15-16-17)10-5-7-14-8-6-10/h1-9H. The van der Waals surface area contributed by atoms with Crippen LogP contribution in [-0.4, -0.2) is 24.9 Å². The van der Waals surface area contributed by atoms with Crippen molar-refractivity contribution in [3.8, 4) is 16.9 Å². The molecule has 0 spiro atoms. The highest BCUT2D eigenvalue weighted by Gasteiger charge is 2.10. The topological polar surface area (TPSA) is 86.7 Å². The Balaban J connectivity index is 2.04. The van der Waals surface area contributed by atoms with E-state index >= 15 is 0 Å². The Bertz CT molecular complexity index is 737. The van der Waals surface area contributed by atoms with Crippen molar-refractivity contribution in [1.82, 2.24) is 20.0 Å². The van der Waals surface area contributed by atoms with Crippen LogP contribution in [0.15, 0.2) is 55.0 Å². The number of benzene rings is 1. The summed E-state index contributed by atoms with van der Waals surface area (Å²) in [6.45, 7) is 0. The molecule has 0 atom stereocenters. The predicted octanol–water partition coefficient (Wildman–Crippen LogP) is 2.24. The van der Waals surface area contributed by atoms with Crippen LogP contribution in [0.5, 0.6) is 0 Å². The number of hydrogen-bond acceptors (Lipinski definition) is 5. The van der Waals surface area contributed by atoms with Crippen molar-refractivity contribution in [2.75, 3.05) is 0 Å². The Morgan fingerprint density at radius 2 is 1.75 bits per heavy atom. The number of rotatable bonds is 3. The van der Waals surface area contributed by atoms with Crippen molar-refractivity contribution in [2.45, 2.75) is 0 Å². The van der Waals surface area contributed by atoms with Gasteiger partial charge >= 0.3 is 0 Å². The Hall–Kier alpha value is -3.09. The van der Waals surface area contributed by atoms with E-state index in [-0.39, 0.29) is 5.69 Å². The molecule has 3 aromatic rings. The van der Waals surface area contributed by atoms with Crippen LogP contribution < -0.4 is 0 Å². The molecule has 20 heavy (non-hydrogen) atoms. The second-order valence-corrected chi connectivity index (χ2v) is 4.04. The average molecular weight is 267 g/mol.